The van der Waals surface area contributed by atoms with Crippen molar-refractivity contribution in [2.75, 3.05) is 4.72 Å². The number of aliphatic imine (C=N–C) groups is 1. The van der Waals surface area contributed by atoms with E-state index in [1.807, 2.05) is 43.3 Å². The van der Waals surface area contributed by atoms with Gasteiger partial charge in [0.25, 0.3) is 10.0 Å². The Morgan fingerprint density at radius 3 is 1.95 bits per heavy atom. The van der Waals surface area contributed by atoms with Gasteiger partial charge in [-0.3, -0.25) is 4.72 Å². The molecule has 0 aliphatic heterocycles. The van der Waals surface area contributed by atoms with Crippen LogP contribution in [0.15, 0.2) is 82.7 Å². The summed E-state index contributed by atoms with van der Waals surface area (Å²) in [5, 5.41) is 0. The number of nitrogens with one attached hydrogen (secondary N) is 1. The highest BCUT2D eigenvalue weighted by molar-refractivity contribution is 7.92. The fourth-order valence-electron chi connectivity index (χ4n) is 5.60. The molecular weight excluding hydrogens is 565 g/mol. The average molecular weight is 615 g/mol. The van der Waals surface area contributed by atoms with Crippen molar-refractivity contribution in [1.82, 2.24) is 9.55 Å². The molecule has 0 unspecified atom stereocenters. The molecule has 0 fully saturated rings. The number of fused-ring (bicyclic) bond motifs is 1. The molecule has 1 heterocycles. The van der Waals surface area contributed by atoms with Crippen LogP contribution >= 0.6 is 0 Å². The van der Waals surface area contributed by atoms with Crippen molar-refractivity contribution in [2.24, 2.45) is 4.99 Å². The lowest BCUT2D eigenvalue weighted by Gasteiger charge is -2.11. The molecule has 0 spiro atoms. The summed E-state index contributed by atoms with van der Waals surface area (Å²) in [5.74, 6) is 0.636. The van der Waals surface area contributed by atoms with Gasteiger partial charge < -0.3 is 4.57 Å². The summed E-state index contributed by atoms with van der Waals surface area (Å²) in [6, 6.07) is 22.3. The maximum absolute atomic E-state index is 13.1. The summed E-state index contributed by atoms with van der Waals surface area (Å²) < 4.78 is 31.0. The molecule has 0 atom stereocenters. The SMILES string of the molecule is CCCCCCCCCCCCCCCCn1c(/N=C/c2ccccc2NS(=O)(=O)c2ccc(C)cc2)nc2ccccc21. The molecule has 1 aromatic heterocycles. The molecule has 0 radical (unpaired) electrons. The lowest BCUT2D eigenvalue weighted by atomic mass is 10.0. The molecule has 0 bridgehead atoms. The largest absolute Gasteiger partial charge is 0.308 e. The Morgan fingerprint density at radius 2 is 1.30 bits per heavy atom. The van der Waals surface area contributed by atoms with Crippen molar-refractivity contribution in [3.8, 4) is 0 Å². The molecule has 6 nitrogen and oxygen atoms in total. The second-order valence-electron chi connectivity index (χ2n) is 11.9. The molecule has 4 aromatic rings. The number of rotatable bonds is 20. The van der Waals surface area contributed by atoms with Gasteiger partial charge in [-0.2, -0.15) is 0 Å². The Kier molecular flexibility index (Phi) is 13.5. The number of unbranched alkanes of at least 4 members (excludes halogenated alkanes) is 13. The highest BCUT2D eigenvalue weighted by atomic mass is 32.2. The minimum absolute atomic E-state index is 0.227. The molecule has 0 aliphatic rings. The Bertz CT molecular complexity index is 1560. The number of benzene rings is 3. The Labute approximate surface area is 265 Å². The molecule has 1 N–H and O–H groups in total. The zero-order valence-electron chi connectivity index (χ0n) is 26.7. The smallest absolute Gasteiger partial charge is 0.261 e. The summed E-state index contributed by atoms with van der Waals surface area (Å²) >= 11 is 0. The van der Waals surface area contributed by atoms with Crippen LogP contribution in [0.4, 0.5) is 11.6 Å². The highest BCUT2D eigenvalue weighted by Crippen LogP contribution is 2.25. The summed E-state index contributed by atoms with van der Waals surface area (Å²) in [6.07, 6.45) is 20.4. The normalized spacial score (nSPS) is 12.0. The van der Waals surface area contributed by atoms with Gasteiger partial charge in [-0.25, -0.2) is 18.4 Å². The third kappa shape index (κ3) is 10.3. The predicted octanol–water partition coefficient (Wildman–Crippen LogP) is 10.4. The van der Waals surface area contributed by atoms with Crippen LogP contribution in [0.2, 0.25) is 0 Å². The molecule has 4 rings (SSSR count). The molecule has 3 aromatic carbocycles. The highest BCUT2D eigenvalue weighted by Gasteiger charge is 2.16. The first-order valence-electron chi connectivity index (χ1n) is 16.7. The number of hydrogen-bond donors (Lipinski definition) is 1. The van der Waals surface area contributed by atoms with Gasteiger partial charge in [0.2, 0.25) is 5.95 Å². The molecule has 0 saturated heterocycles. The Morgan fingerprint density at radius 1 is 0.727 bits per heavy atom. The maximum Gasteiger partial charge on any atom is 0.261 e. The van der Waals surface area contributed by atoms with E-state index >= 15 is 0 Å². The standard InChI is InChI=1S/C37H50N4O2S/c1-3-4-5-6-7-8-9-10-11-12-13-14-15-20-29-41-36-24-19-18-23-35(36)39-37(41)38-30-32-21-16-17-22-34(32)40-44(42,43)33-27-25-31(2)26-28-33/h16-19,21-28,30,40H,3-15,20,29H2,1-2H3/b38-30+. The molecule has 7 heteroatoms. The van der Waals surface area contributed by atoms with Gasteiger partial charge in [0.15, 0.2) is 0 Å². The van der Waals surface area contributed by atoms with E-state index < -0.39 is 10.0 Å². The first-order chi connectivity index (χ1) is 21.5. The maximum atomic E-state index is 13.1. The third-order valence-electron chi connectivity index (χ3n) is 8.23. The van der Waals surface area contributed by atoms with Crippen molar-refractivity contribution in [2.45, 2.75) is 115 Å². The van der Waals surface area contributed by atoms with Crippen LogP contribution in [-0.2, 0) is 16.6 Å². The molecule has 44 heavy (non-hydrogen) atoms. The van der Waals surface area contributed by atoms with Crippen molar-refractivity contribution >= 4 is 38.9 Å². The molecule has 0 saturated carbocycles. The Hall–Kier alpha value is -3.45. The number of hydrogen-bond acceptors (Lipinski definition) is 4. The predicted molar refractivity (Wildman–Crippen MR) is 186 cm³/mol. The van der Waals surface area contributed by atoms with E-state index in [0.717, 1.165) is 29.6 Å². The number of anilines is 1. The second-order valence-corrected chi connectivity index (χ2v) is 13.6. The van der Waals surface area contributed by atoms with Crippen molar-refractivity contribution in [3.05, 3.63) is 83.9 Å². The average Bonchev–Trinajstić information content (AvgIpc) is 3.38. The molecule has 0 aliphatic carbocycles. The minimum atomic E-state index is -3.73. The number of sulfonamides is 1. The number of nitrogens with zero attached hydrogens (tertiary/aromatic N) is 3. The monoisotopic (exact) mass is 614 g/mol. The molecule has 236 valence electrons. The van der Waals surface area contributed by atoms with Crippen molar-refractivity contribution in [1.29, 1.82) is 0 Å². The van der Waals surface area contributed by atoms with E-state index in [0.29, 0.717) is 17.2 Å². The first kappa shape index (κ1) is 33.4. The second kappa shape index (κ2) is 17.7. The lowest BCUT2D eigenvalue weighted by molar-refractivity contribution is 0.526. The molecule has 0 amide bonds. The van der Waals surface area contributed by atoms with Gasteiger partial charge in [-0.15, -0.1) is 0 Å². The molecular formula is C37H50N4O2S. The number of aromatic nitrogens is 2. The summed E-state index contributed by atoms with van der Waals surface area (Å²) in [7, 11) is -3.73. The van der Waals surface area contributed by atoms with Crippen LogP contribution in [0.1, 0.15) is 108 Å². The lowest BCUT2D eigenvalue weighted by Crippen LogP contribution is -2.14. The van der Waals surface area contributed by atoms with Crippen molar-refractivity contribution in [3.63, 3.8) is 0 Å². The van der Waals surface area contributed by atoms with Gasteiger partial charge >= 0.3 is 0 Å². The number of aryl methyl sites for hydroxylation is 2. The first-order valence-corrected chi connectivity index (χ1v) is 18.1. The Balaban J connectivity index is 1.30. The van der Waals surface area contributed by atoms with Crippen LogP contribution in [-0.4, -0.2) is 24.2 Å². The summed E-state index contributed by atoms with van der Waals surface area (Å²) in [4.78, 5) is 9.79. The van der Waals surface area contributed by atoms with E-state index in [-0.39, 0.29) is 4.90 Å². The van der Waals surface area contributed by atoms with Gasteiger partial charge in [-0.05, 0) is 43.7 Å². The summed E-state index contributed by atoms with van der Waals surface area (Å²) in [5.41, 5.74) is 4.15. The van der Waals surface area contributed by atoms with Crippen LogP contribution in [0.5, 0.6) is 0 Å². The van der Waals surface area contributed by atoms with Gasteiger partial charge in [0.1, 0.15) is 0 Å². The number of imidazole rings is 1. The van der Waals surface area contributed by atoms with E-state index in [1.54, 1.807) is 36.5 Å². The zero-order chi connectivity index (χ0) is 31.0. The van der Waals surface area contributed by atoms with E-state index in [2.05, 4.69) is 22.3 Å². The van der Waals surface area contributed by atoms with E-state index in [4.69, 9.17) is 9.98 Å². The van der Waals surface area contributed by atoms with E-state index in [9.17, 15) is 8.42 Å². The van der Waals surface area contributed by atoms with Crippen molar-refractivity contribution < 1.29 is 8.42 Å². The van der Waals surface area contributed by atoms with Gasteiger partial charge in [-0.1, -0.05) is 138 Å². The number of para-hydroxylation sites is 3. The van der Waals surface area contributed by atoms with Crippen LogP contribution in [0.3, 0.4) is 0 Å². The fourth-order valence-corrected chi connectivity index (χ4v) is 6.68. The minimum Gasteiger partial charge on any atom is -0.308 e. The quantitative estimate of drug-likeness (QED) is 0.0795. The van der Waals surface area contributed by atoms with Gasteiger partial charge in [0.05, 0.1) is 21.6 Å². The van der Waals surface area contributed by atoms with E-state index in [1.165, 1.54) is 83.5 Å². The third-order valence-corrected chi connectivity index (χ3v) is 9.61. The van der Waals surface area contributed by atoms with Crippen LogP contribution in [0.25, 0.3) is 11.0 Å². The zero-order valence-corrected chi connectivity index (χ0v) is 27.5. The fraction of sp³-hybridized carbons (Fsp3) is 0.459. The van der Waals surface area contributed by atoms with Crippen LogP contribution < -0.4 is 4.72 Å². The van der Waals surface area contributed by atoms with Gasteiger partial charge in [0, 0.05) is 18.3 Å². The van der Waals surface area contributed by atoms with Crippen LogP contribution in [0, 0.1) is 6.92 Å². The topological polar surface area (TPSA) is 76.3 Å². The summed E-state index contributed by atoms with van der Waals surface area (Å²) in [6.45, 7) is 5.06.